The zero-order chi connectivity index (χ0) is 12.8. The van der Waals surface area contributed by atoms with Crippen LogP contribution in [-0.4, -0.2) is 11.5 Å². The van der Waals surface area contributed by atoms with E-state index in [2.05, 4.69) is 42.3 Å². The molecular formula is C14H18N2OS. The lowest BCUT2D eigenvalue weighted by Gasteiger charge is -2.09. The van der Waals surface area contributed by atoms with Gasteiger partial charge in [-0.3, -0.25) is 0 Å². The molecule has 0 aliphatic carbocycles. The molecule has 3 nitrogen and oxygen atoms in total. The summed E-state index contributed by atoms with van der Waals surface area (Å²) in [6.45, 7) is 6.21. The van der Waals surface area contributed by atoms with Crippen molar-refractivity contribution in [2.24, 2.45) is 0 Å². The van der Waals surface area contributed by atoms with Crippen molar-refractivity contribution < 1.29 is 4.42 Å². The molecule has 0 unspecified atom stereocenters. The van der Waals surface area contributed by atoms with Crippen LogP contribution < -0.4 is 5.32 Å². The standard InChI is InChI=1S/C14H18N2OS/c1-3-6-15-10-12-9-11(2)4-5-13(12)18-14-16-7-8-17-14/h4-5,7-9,15H,3,6,10H2,1-2H3. The second-order valence-corrected chi connectivity index (χ2v) is 5.18. The topological polar surface area (TPSA) is 38.1 Å². The molecular weight excluding hydrogens is 244 g/mol. The predicted molar refractivity (Wildman–Crippen MR) is 73.8 cm³/mol. The number of nitrogens with zero attached hydrogens (tertiary/aromatic N) is 1. The molecule has 18 heavy (non-hydrogen) atoms. The maximum absolute atomic E-state index is 5.28. The molecule has 0 radical (unpaired) electrons. The summed E-state index contributed by atoms with van der Waals surface area (Å²) in [5.41, 5.74) is 2.58. The number of aromatic nitrogens is 1. The summed E-state index contributed by atoms with van der Waals surface area (Å²) in [5.74, 6) is 0. The first kappa shape index (κ1) is 13.2. The van der Waals surface area contributed by atoms with Gasteiger partial charge in [0.1, 0.15) is 6.26 Å². The molecule has 1 N–H and O–H groups in total. The van der Waals surface area contributed by atoms with Crippen LogP contribution in [0.25, 0.3) is 0 Å². The molecule has 0 fully saturated rings. The van der Waals surface area contributed by atoms with Gasteiger partial charge in [-0.15, -0.1) is 0 Å². The van der Waals surface area contributed by atoms with Crippen molar-refractivity contribution in [1.29, 1.82) is 0 Å². The molecule has 96 valence electrons. The monoisotopic (exact) mass is 262 g/mol. The molecule has 2 aromatic rings. The van der Waals surface area contributed by atoms with E-state index >= 15 is 0 Å². The Labute approximate surface area is 112 Å². The van der Waals surface area contributed by atoms with E-state index in [1.807, 2.05) is 0 Å². The minimum atomic E-state index is 0.690. The van der Waals surface area contributed by atoms with E-state index in [1.165, 1.54) is 16.0 Å². The largest absolute Gasteiger partial charge is 0.440 e. The molecule has 0 bridgehead atoms. The summed E-state index contributed by atoms with van der Waals surface area (Å²) in [4.78, 5) is 5.35. The summed E-state index contributed by atoms with van der Waals surface area (Å²) in [7, 11) is 0. The van der Waals surface area contributed by atoms with Crippen LogP contribution >= 0.6 is 11.8 Å². The highest BCUT2D eigenvalue weighted by atomic mass is 32.2. The van der Waals surface area contributed by atoms with Gasteiger partial charge < -0.3 is 9.73 Å². The van der Waals surface area contributed by atoms with Crippen LogP contribution in [0.1, 0.15) is 24.5 Å². The number of aryl methyl sites for hydroxylation is 1. The second-order valence-electron chi connectivity index (χ2n) is 4.19. The lowest BCUT2D eigenvalue weighted by molar-refractivity contribution is 0.454. The van der Waals surface area contributed by atoms with E-state index in [0.717, 1.165) is 19.5 Å². The smallest absolute Gasteiger partial charge is 0.260 e. The Kier molecular flexibility index (Phi) is 4.84. The van der Waals surface area contributed by atoms with Gasteiger partial charge >= 0.3 is 0 Å². The lowest BCUT2D eigenvalue weighted by Crippen LogP contribution is -2.14. The second kappa shape index (κ2) is 6.61. The van der Waals surface area contributed by atoms with Gasteiger partial charge in [-0.25, -0.2) is 4.98 Å². The number of rotatable bonds is 6. The molecule has 1 aromatic heterocycles. The molecule has 0 atom stereocenters. The first-order valence-corrected chi connectivity index (χ1v) is 6.99. The van der Waals surface area contributed by atoms with E-state index < -0.39 is 0 Å². The van der Waals surface area contributed by atoms with Gasteiger partial charge in [0.05, 0.1) is 6.20 Å². The Morgan fingerprint density at radius 1 is 1.39 bits per heavy atom. The molecule has 0 spiro atoms. The normalized spacial score (nSPS) is 10.8. The van der Waals surface area contributed by atoms with Crippen molar-refractivity contribution in [3.05, 3.63) is 41.8 Å². The number of benzene rings is 1. The van der Waals surface area contributed by atoms with Crippen molar-refractivity contribution in [2.45, 2.75) is 36.9 Å². The lowest BCUT2D eigenvalue weighted by atomic mass is 10.1. The van der Waals surface area contributed by atoms with Crippen LogP contribution in [0.5, 0.6) is 0 Å². The maximum Gasteiger partial charge on any atom is 0.260 e. The Hall–Kier alpha value is -1.26. The Bertz CT molecular complexity index is 483. The van der Waals surface area contributed by atoms with Crippen LogP contribution in [0.2, 0.25) is 0 Å². The third kappa shape index (κ3) is 3.62. The Morgan fingerprint density at radius 3 is 3.00 bits per heavy atom. The van der Waals surface area contributed by atoms with Gasteiger partial charge in [-0.1, -0.05) is 24.6 Å². The quantitative estimate of drug-likeness (QED) is 0.807. The average Bonchev–Trinajstić information content (AvgIpc) is 2.86. The van der Waals surface area contributed by atoms with Crippen molar-refractivity contribution in [1.82, 2.24) is 10.3 Å². The van der Waals surface area contributed by atoms with Gasteiger partial charge in [0.2, 0.25) is 0 Å². The first-order chi connectivity index (χ1) is 8.79. The van der Waals surface area contributed by atoms with Crippen molar-refractivity contribution in [3.8, 4) is 0 Å². The van der Waals surface area contributed by atoms with Crippen molar-refractivity contribution in [2.75, 3.05) is 6.54 Å². The van der Waals surface area contributed by atoms with Gasteiger partial charge in [0.15, 0.2) is 0 Å². The van der Waals surface area contributed by atoms with E-state index in [1.54, 1.807) is 24.2 Å². The van der Waals surface area contributed by atoms with E-state index in [4.69, 9.17) is 4.42 Å². The van der Waals surface area contributed by atoms with Crippen molar-refractivity contribution in [3.63, 3.8) is 0 Å². The van der Waals surface area contributed by atoms with E-state index in [0.29, 0.717) is 5.22 Å². The summed E-state index contributed by atoms with van der Waals surface area (Å²) >= 11 is 1.57. The molecule has 0 saturated carbocycles. The molecule has 2 rings (SSSR count). The molecule has 0 amide bonds. The first-order valence-electron chi connectivity index (χ1n) is 6.17. The molecule has 1 aromatic carbocycles. The molecule has 0 saturated heterocycles. The fourth-order valence-corrected chi connectivity index (χ4v) is 2.50. The highest BCUT2D eigenvalue weighted by Gasteiger charge is 2.07. The predicted octanol–water partition coefficient (Wildman–Crippen LogP) is 3.63. The fraction of sp³-hybridized carbons (Fsp3) is 0.357. The van der Waals surface area contributed by atoms with Crippen LogP contribution in [0.3, 0.4) is 0 Å². The van der Waals surface area contributed by atoms with Crippen LogP contribution in [0.4, 0.5) is 0 Å². The maximum atomic E-state index is 5.28. The minimum Gasteiger partial charge on any atom is -0.440 e. The zero-order valence-electron chi connectivity index (χ0n) is 10.8. The summed E-state index contributed by atoms with van der Waals surface area (Å²) in [6.07, 6.45) is 4.42. The zero-order valence-corrected chi connectivity index (χ0v) is 11.6. The van der Waals surface area contributed by atoms with E-state index in [-0.39, 0.29) is 0 Å². The Morgan fingerprint density at radius 2 is 2.28 bits per heavy atom. The van der Waals surface area contributed by atoms with Crippen LogP contribution in [0.15, 0.2) is 45.2 Å². The Balaban J connectivity index is 2.12. The molecule has 0 aliphatic heterocycles. The highest BCUT2D eigenvalue weighted by Crippen LogP contribution is 2.29. The third-order valence-electron chi connectivity index (χ3n) is 2.57. The molecule has 0 aliphatic rings. The summed E-state index contributed by atoms with van der Waals surface area (Å²) in [5, 5.41) is 4.12. The number of nitrogens with one attached hydrogen (secondary N) is 1. The summed E-state index contributed by atoms with van der Waals surface area (Å²) < 4.78 is 5.28. The fourth-order valence-electron chi connectivity index (χ4n) is 1.70. The SMILES string of the molecule is CCCNCc1cc(C)ccc1Sc1ncco1. The average molecular weight is 262 g/mol. The third-order valence-corrected chi connectivity index (χ3v) is 3.56. The minimum absolute atomic E-state index is 0.690. The molecule has 4 heteroatoms. The van der Waals surface area contributed by atoms with Crippen LogP contribution in [-0.2, 0) is 6.54 Å². The van der Waals surface area contributed by atoms with Crippen LogP contribution in [0, 0.1) is 6.92 Å². The van der Waals surface area contributed by atoms with Gasteiger partial charge in [-0.2, -0.15) is 0 Å². The highest BCUT2D eigenvalue weighted by molar-refractivity contribution is 7.99. The van der Waals surface area contributed by atoms with Gasteiger partial charge in [-0.05, 0) is 43.3 Å². The molecule has 1 heterocycles. The number of hydrogen-bond acceptors (Lipinski definition) is 4. The summed E-state index contributed by atoms with van der Waals surface area (Å²) in [6, 6.07) is 6.47. The van der Waals surface area contributed by atoms with Gasteiger partial charge in [0, 0.05) is 11.4 Å². The number of oxazole rings is 1. The van der Waals surface area contributed by atoms with Gasteiger partial charge in [0.25, 0.3) is 5.22 Å². The number of hydrogen-bond donors (Lipinski definition) is 1. The van der Waals surface area contributed by atoms with Crippen molar-refractivity contribution >= 4 is 11.8 Å². The van der Waals surface area contributed by atoms with E-state index in [9.17, 15) is 0 Å².